The summed E-state index contributed by atoms with van der Waals surface area (Å²) in [5.41, 5.74) is 2.06. The largest absolute Gasteiger partial charge is 0.392 e. The molecule has 0 radical (unpaired) electrons. The van der Waals surface area contributed by atoms with Gasteiger partial charge in [-0.05, 0) is 43.0 Å². The van der Waals surface area contributed by atoms with Crippen LogP contribution in [-0.4, -0.2) is 33.8 Å². The van der Waals surface area contributed by atoms with Crippen molar-refractivity contribution in [2.45, 2.75) is 45.8 Å². The van der Waals surface area contributed by atoms with Crippen LogP contribution in [0.5, 0.6) is 0 Å². The zero-order valence-electron chi connectivity index (χ0n) is 15.8. The third-order valence-electron chi connectivity index (χ3n) is 5.42. The average Bonchev–Trinajstić information content (AvgIpc) is 2.63. The second-order valence-corrected chi connectivity index (χ2v) is 7.59. The summed E-state index contributed by atoms with van der Waals surface area (Å²) in [7, 11) is 0. The van der Waals surface area contributed by atoms with Crippen molar-refractivity contribution < 1.29 is 9.50 Å². The Labute approximate surface area is 158 Å². The fraction of sp³-hybridized carbons (Fsp3) is 0.450. The molecule has 0 amide bonds. The molecule has 1 saturated carbocycles. The molecule has 0 spiro atoms. The van der Waals surface area contributed by atoms with E-state index in [1.54, 1.807) is 6.07 Å². The zero-order valence-corrected chi connectivity index (χ0v) is 15.8. The van der Waals surface area contributed by atoms with Crippen molar-refractivity contribution in [3.05, 3.63) is 46.9 Å². The number of aliphatic hydroxyl groups excluding tert-OH is 1. The maximum Gasteiger partial charge on any atom is 0.224 e. The van der Waals surface area contributed by atoms with Crippen molar-refractivity contribution >= 4 is 11.8 Å². The third-order valence-corrected chi connectivity index (χ3v) is 5.42. The molecule has 1 heterocycles. The van der Waals surface area contributed by atoms with E-state index in [1.807, 2.05) is 20.8 Å². The molecule has 1 aliphatic carbocycles. The summed E-state index contributed by atoms with van der Waals surface area (Å²) in [6.07, 6.45) is 2.45. The van der Waals surface area contributed by atoms with E-state index in [0.29, 0.717) is 36.7 Å². The van der Waals surface area contributed by atoms with Crippen molar-refractivity contribution in [2.75, 3.05) is 17.2 Å². The first-order valence-corrected chi connectivity index (χ1v) is 9.02. The molecule has 2 atom stereocenters. The number of benzene rings is 1. The quantitative estimate of drug-likeness (QED) is 0.725. The van der Waals surface area contributed by atoms with Crippen LogP contribution >= 0.6 is 0 Å². The molecule has 0 bridgehead atoms. The normalized spacial score (nSPS) is 20.4. The fourth-order valence-corrected chi connectivity index (χ4v) is 3.22. The number of aromatic nitrogens is 2. The van der Waals surface area contributed by atoms with Gasteiger partial charge >= 0.3 is 0 Å². The number of aryl methyl sites for hydroxylation is 1. The smallest absolute Gasteiger partial charge is 0.224 e. The highest BCUT2D eigenvalue weighted by molar-refractivity contribution is 5.54. The molecule has 1 aromatic carbocycles. The number of nitrogens with zero attached hydrogens (tertiary/aromatic N) is 3. The van der Waals surface area contributed by atoms with E-state index in [2.05, 4.69) is 26.7 Å². The van der Waals surface area contributed by atoms with E-state index < -0.39 is 0 Å². The second-order valence-electron chi connectivity index (χ2n) is 7.59. The van der Waals surface area contributed by atoms with Crippen LogP contribution in [0, 0.1) is 29.5 Å². The molecule has 3 N–H and O–H groups in total. The first-order valence-electron chi connectivity index (χ1n) is 9.02. The number of aliphatic hydroxyl groups is 1. The zero-order chi connectivity index (χ0) is 19.6. The fourth-order valence-electron chi connectivity index (χ4n) is 3.22. The molecule has 6 nitrogen and oxygen atoms in total. The van der Waals surface area contributed by atoms with Gasteiger partial charge in [0, 0.05) is 18.0 Å². The van der Waals surface area contributed by atoms with Crippen LogP contribution in [0.2, 0.25) is 0 Å². The molecule has 0 saturated heterocycles. The Morgan fingerprint density at radius 1 is 1.41 bits per heavy atom. The van der Waals surface area contributed by atoms with Crippen molar-refractivity contribution in [3.8, 4) is 6.07 Å². The minimum Gasteiger partial charge on any atom is -0.392 e. The molecule has 1 fully saturated rings. The van der Waals surface area contributed by atoms with Gasteiger partial charge in [-0.15, -0.1) is 0 Å². The van der Waals surface area contributed by atoms with Crippen LogP contribution in [0.1, 0.15) is 37.0 Å². The van der Waals surface area contributed by atoms with Crippen LogP contribution < -0.4 is 10.6 Å². The maximum atomic E-state index is 13.2. The molecule has 1 aromatic heterocycles. The molecule has 142 valence electrons. The Hall–Kier alpha value is -2.72. The molecular formula is C20H24FN5O. The molecule has 0 aliphatic heterocycles. The lowest BCUT2D eigenvalue weighted by Gasteiger charge is -2.49. The van der Waals surface area contributed by atoms with Crippen LogP contribution in [0.15, 0.2) is 24.4 Å². The highest BCUT2D eigenvalue weighted by Gasteiger charge is 2.47. The average molecular weight is 369 g/mol. The van der Waals surface area contributed by atoms with E-state index in [1.165, 1.54) is 18.3 Å². The number of anilines is 2. The van der Waals surface area contributed by atoms with Crippen LogP contribution in [0.4, 0.5) is 16.2 Å². The maximum absolute atomic E-state index is 13.2. The van der Waals surface area contributed by atoms with E-state index in [4.69, 9.17) is 0 Å². The van der Waals surface area contributed by atoms with Crippen LogP contribution in [0.25, 0.3) is 0 Å². The van der Waals surface area contributed by atoms with E-state index in [9.17, 15) is 14.8 Å². The highest BCUT2D eigenvalue weighted by atomic mass is 19.1. The Morgan fingerprint density at radius 2 is 2.19 bits per heavy atom. The number of hydrogen-bond donors (Lipinski definition) is 3. The van der Waals surface area contributed by atoms with Gasteiger partial charge in [-0.1, -0.05) is 19.9 Å². The Kier molecular flexibility index (Phi) is 5.29. The summed E-state index contributed by atoms with van der Waals surface area (Å²) in [5.74, 6) is 0.659. The number of halogens is 1. The summed E-state index contributed by atoms with van der Waals surface area (Å²) < 4.78 is 13.2. The summed E-state index contributed by atoms with van der Waals surface area (Å²) in [6.45, 7) is 6.44. The molecule has 27 heavy (non-hydrogen) atoms. The first-order chi connectivity index (χ1) is 12.8. The Morgan fingerprint density at radius 3 is 2.81 bits per heavy atom. The molecule has 3 rings (SSSR count). The molecule has 2 aromatic rings. The predicted molar refractivity (Wildman–Crippen MR) is 102 cm³/mol. The Balaban J connectivity index is 1.65. The number of rotatable bonds is 6. The van der Waals surface area contributed by atoms with Crippen molar-refractivity contribution in [2.24, 2.45) is 5.41 Å². The van der Waals surface area contributed by atoms with Gasteiger partial charge in [0.05, 0.1) is 12.3 Å². The van der Waals surface area contributed by atoms with Crippen molar-refractivity contribution in [1.82, 2.24) is 9.97 Å². The van der Waals surface area contributed by atoms with Gasteiger partial charge < -0.3 is 15.7 Å². The predicted octanol–water partition coefficient (Wildman–Crippen LogP) is 3.02. The lowest BCUT2D eigenvalue weighted by molar-refractivity contribution is -0.0511. The van der Waals surface area contributed by atoms with Gasteiger partial charge in [-0.3, -0.25) is 0 Å². The van der Waals surface area contributed by atoms with Gasteiger partial charge in [-0.25, -0.2) is 9.37 Å². The summed E-state index contributed by atoms with van der Waals surface area (Å²) >= 11 is 0. The van der Waals surface area contributed by atoms with E-state index >= 15 is 0 Å². The molecule has 7 heteroatoms. The van der Waals surface area contributed by atoms with Gasteiger partial charge in [0.15, 0.2) is 0 Å². The van der Waals surface area contributed by atoms with Gasteiger partial charge in [0.25, 0.3) is 0 Å². The SMILES string of the molecule is Cc1cc(F)ccc1CCNc1ncc(C#N)c(N[C@@H]2C[C@H](O)C2(C)C)n1. The van der Waals surface area contributed by atoms with Gasteiger partial charge in [0.1, 0.15) is 23.3 Å². The van der Waals surface area contributed by atoms with Crippen molar-refractivity contribution in [3.63, 3.8) is 0 Å². The third kappa shape index (κ3) is 4.01. The number of hydrogen-bond acceptors (Lipinski definition) is 6. The van der Waals surface area contributed by atoms with E-state index in [0.717, 1.165) is 11.1 Å². The molecular weight excluding hydrogens is 345 g/mol. The van der Waals surface area contributed by atoms with Gasteiger partial charge in [-0.2, -0.15) is 10.2 Å². The summed E-state index contributed by atoms with van der Waals surface area (Å²) in [6, 6.07) is 6.90. The van der Waals surface area contributed by atoms with Crippen molar-refractivity contribution in [1.29, 1.82) is 5.26 Å². The minimum absolute atomic E-state index is 0.0456. The van der Waals surface area contributed by atoms with Crippen LogP contribution in [0.3, 0.4) is 0 Å². The molecule has 1 aliphatic rings. The van der Waals surface area contributed by atoms with Gasteiger partial charge in [0.2, 0.25) is 5.95 Å². The lowest BCUT2D eigenvalue weighted by atomic mass is 9.64. The molecule has 0 unspecified atom stereocenters. The summed E-state index contributed by atoms with van der Waals surface area (Å²) in [4.78, 5) is 8.61. The Bertz CT molecular complexity index is 877. The van der Waals surface area contributed by atoms with E-state index in [-0.39, 0.29) is 23.4 Å². The standard InChI is InChI=1S/C20H24FN5O/c1-12-8-15(21)5-4-13(12)6-7-23-19-24-11-14(10-22)18(26-19)25-16-9-17(27)20(16,2)3/h4-5,8,11,16-17,27H,6-7,9H2,1-3H3,(H2,23,24,25,26)/t16-,17+/m1/s1. The monoisotopic (exact) mass is 369 g/mol. The minimum atomic E-state index is -0.362. The number of nitrogens with one attached hydrogen (secondary N) is 2. The topological polar surface area (TPSA) is 93.9 Å². The lowest BCUT2D eigenvalue weighted by Crippen LogP contribution is -2.57. The second kappa shape index (κ2) is 7.49. The number of nitriles is 1. The summed E-state index contributed by atoms with van der Waals surface area (Å²) in [5, 5.41) is 25.6. The first kappa shape index (κ1) is 19.1. The van der Waals surface area contributed by atoms with Crippen LogP contribution in [-0.2, 0) is 6.42 Å². The highest BCUT2D eigenvalue weighted by Crippen LogP contribution is 2.42.